The lowest BCUT2D eigenvalue weighted by molar-refractivity contribution is -0.154. The van der Waals surface area contributed by atoms with Crippen LogP contribution in [-0.2, 0) is 77.7 Å². The zero-order chi connectivity index (χ0) is 72.5. The van der Waals surface area contributed by atoms with E-state index in [2.05, 4.69) is 43.0 Å². The van der Waals surface area contributed by atoms with Gasteiger partial charge in [0.15, 0.2) is 11.6 Å². The van der Waals surface area contributed by atoms with Crippen molar-refractivity contribution in [2.24, 2.45) is 33.8 Å². The number of Topliss-reactive ketones (excluding diaryl/α,β-unsaturated/α-hetero) is 2. The molecule has 0 spiro atoms. The molecule has 0 aromatic carbocycles. The number of amidine groups is 1. The summed E-state index contributed by atoms with van der Waals surface area (Å²) in [5, 5.41) is -1.75. The Balaban J connectivity index is 0.000000174. The SMILES string of the molecule is CC(C)(C)OC(=O)CC1=N[C@](C)(c2nc(CC(=O)c3ccc(F)cn3)ccc2F)[C@H]2CCN=[S@@]2(=O)C1(C)C.CC(C)(C)OC(=O)CC1=N[C@](C)(c2nc(N)ccc2F)[C@H]2CCN=[S@@]2(=O)C1(C)C.CC1(C)C(N)=N[C@](C)(c2nc(CC(=O)c3ccc(F)cn3)ccc2F)[C@H]2CCN=[S@]21=O. The van der Waals surface area contributed by atoms with Crippen LogP contribution in [0.2, 0.25) is 0 Å². The summed E-state index contributed by atoms with van der Waals surface area (Å²) in [7, 11) is -8.69. The smallest absolute Gasteiger partial charge is 0.312 e. The van der Waals surface area contributed by atoms with E-state index in [1.165, 1.54) is 48.5 Å². The van der Waals surface area contributed by atoms with Crippen molar-refractivity contribution in [3.63, 3.8) is 0 Å². The number of pyridine rings is 5. The van der Waals surface area contributed by atoms with Gasteiger partial charge in [0.2, 0.25) is 0 Å². The lowest BCUT2D eigenvalue weighted by atomic mass is 9.88. The third-order valence-electron chi connectivity index (χ3n) is 18.6. The Morgan fingerprint density at radius 2 is 0.806 bits per heavy atom. The van der Waals surface area contributed by atoms with Crippen molar-refractivity contribution >= 4 is 75.8 Å². The Bertz CT molecular complexity index is 4560. The number of rotatable bonds is 13. The third-order valence-corrected chi connectivity index (χ3v) is 29.8. The van der Waals surface area contributed by atoms with Crippen LogP contribution in [0.1, 0.15) is 185 Å². The molecule has 0 unspecified atom stereocenters. The first-order valence-electron chi connectivity index (χ1n) is 31.9. The second kappa shape index (κ2) is 26.3. The van der Waals surface area contributed by atoms with Crippen molar-refractivity contribution < 1.29 is 63.2 Å². The number of aliphatic imine (C=N–C) groups is 3. The number of nitrogens with zero attached hydrogens (tertiary/aromatic N) is 11. The Kier molecular flexibility index (Phi) is 20.0. The number of esters is 2. The van der Waals surface area contributed by atoms with Crippen LogP contribution in [0.5, 0.6) is 0 Å². The number of ketones is 2. The van der Waals surface area contributed by atoms with Gasteiger partial charge in [0.25, 0.3) is 0 Å². The van der Waals surface area contributed by atoms with Crippen LogP contribution in [0.25, 0.3) is 0 Å². The Labute approximate surface area is 568 Å². The summed E-state index contributed by atoms with van der Waals surface area (Å²) in [5.41, 5.74) is 8.01. The van der Waals surface area contributed by atoms with Gasteiger partial charge in [0, 0.05) is 42.4 Å². The molecular formula is C68H84F5N13O9S3. The molecular weight excluding hydrogens is 1330 g/mol. The standard InChI is InChI=1S/C27H32F2N4O4S.C21H23F2N5O2S.C20H29FN4O3S/c1-25(2,3)37-23(35)14-21-26(4,5)38(36)22(11-12-31-38)27(6,33-21)24-18(29)9-8-17(32-24)13-20(34)19-10-7-16(28)15-30-19;1-20(2)19(24)28-21(3,17-8-9-26-31(17,20)30)18-14(23)6-5-13(27-18)10-16(29)15-7-4-12(22)11-25-15;1-18(2,3)28-16(26)11-13-19(4,5)29(27)14(9-10-23-29)20(6,25-13)17-12(21)7-8-15(22)24-17/h7-10,15,22H,11-14H2,1-6H3;4-7,11,17H,8-10H2,1-3H3,(H2,24,28);7-8,14H,9-11H2,1-6H3,(H2,22,24)/t22-,27+,38+;17-,21+,31+;14-,20+,29+/m111/s1. The molecule has 0 bridgehead atoms. The van der Waals surface area contributed by atoms with Crippen molar-refractivity contribution in [3.05, 3.63) is 142 Å². The molecule has 0 saturated heterocycles. The highest BCUT2D eigenvalue weighted by Gasteiger charge is 2.61. The highest BCUT2D eigenvalue weighted by Crippen LogP contribution is 2.52. The third kappa shape index (κ3) is 13.8. The summed E-state index contributed by atoms with van der Waals surface area (Å²) in [6.45, 7) is 27.2. The molecule has 5 aromatic rings. The lowest BCUT2D eigenvalue weighted by Gasteiger charge is -2.45. The van der Waals surface area contributed by atoms with Gasteiger partial charge in [0.1, 0.15) is 102 Å². The molecule has 0 saturated carbocycles. The van der Waals surface area contributed by atoms with Crippen LogP contribution in [-0.4, -0.2) is 139 Å². The van der Waals surface area contributed by atoms with E-state index in [0.29, 0.717) is 56.0 Å². The number of ether oxygens (including phenoxy) is 2. The molecule has 11 rings (SSSR count). The van der Waals surface area contributed by atoms with Crippen molar-refractivity contribution in [2.45, 2.75) is 207 Å². The average molecular weight is 1420 g/mol. The quantitative estimate of drug-likeness (QED) is 0.0628. The van der Waals surface area contributed by atoms with Crippen LogP contribution in [0.15, 0.2) is 101 Å². The van der Waals surface area contributed by atoms with E-state index in [1.54, 1.807) is 104 Å². The van der Waals surface area contributed by atoms with Crippen molar-refractivity contribution in [3.8, 4) is 0 Å². The van der Waals surface area contributed by atoms with Gasteiger partial charge in [-0.2, -0.15) is 0 Å². The topological polar surface area (TPSA) is 329 Å². The molecule has 0 aliphatic carbocycles. The van der Waals surface area contributed by atoms with Gasteiger partial charge >= 0.3 is 11.9 Å². The van der Waals surface area contributed by atoms with Gasteiger partial charge in [-0.3, -0.25) is 54.1 Å². The minimum atomic E-state index is -3.00. The highest BCUT2D eigenvalue weighted by molar-refractivity contribution is 7.97. The molecule has 6 aliphatic heterocycles. The van der Waals surface area contributed by atoms with E-state index in [-0.39, 0.29) is 77.3 Å². The van der Waals surface area contributed by atoms with Crippen LogP contribution in [0.3, 0.4) is 0 Å². The summed E-state index contributed by atoms with van der Waals surface area (Å²) in [6, 6.07) is 12.6. The number of anilines is 1. The molecule has 528 valence electrons. The number of nitrogen functional groups attached to an aromatic ring is 1. The van der Waals surface area contributed by atoms with E-state index in [1.807, 2.05) is 0 Å². The second-order valence-corrected chi connectivity index (χ2v) is 37.9. The molecule has 0 radical (unpaired) electrons. The second-order valence-electron chi connectivity index (χ2n) is 29.0. The number of fused-ring (bicyclic) bond motifs is 3. The predicted molar refractivity (Wildman–Crippen MR) is 365 cm³/mol. The first kappa shape index (κ1) is 74.4. The fourth-order valence-corrected chi connectivity index (χ4v) is 23.0. The number of carbonyl (C=O) groups excluding carboxylic acids is 4. The van der Waals surface area contributed by atoms with Gasteiger partial charge < -0.3 is 20.9 Å². The predicted octanol–water partition coefficient (Wildman–Crippen LogP) is 10.6. The number of carbonyl (C=O) groups is 4. The summed E-state index contributed by atoms with van der Waals surface area (Å²) in [4.78, 5) is 85.5. The van der Waals surface area contributed by atoms with Crippen LogP contribution in [0, 0.1) is 29.1 Å². The van der Waals surface area contributed by atoms with Gasteiger partial charge in [-0.05, 0) is 184 Å². The van der Waals surface area contributed by atoms with Gasteiger partial charge in [-0.15, -0.1) is 0 Å². The zero-order valence-electron chi connectivity index (χ0n) is 57.6. The molecule has 0 fully saturated rings. The minimum absolute atomic E-state index is 0.0156. The maximum atomic E-state index is 15.4. The first-order valence-corrected chi connectivity index (χ1v) is 36.7. The fraction of sp³-hybridized carbons (Fsp3) is 0.529. The highest BCUT2D eigenvalue weighted by atomic mass is 32.2. The van der Waals surface area contributed by atoms with Crippen molar-refractivity contribution in [1.29, 1.82) is 0 Å². The molecule has 9 atom stereocenters. The largest absolute Gasteiger partial charge is 0.460 e. The Hall–Kier alpha value is -7.86. The Morgan fingerprint density at radius 1 is 0.469 bits per heavy atom. The van der Waals surface area contributed by atoms with E-state index < -0.39 is 134 Å². The number of hydrogen-bond donors (Lipinski definition) is 2. The van der Waals surface area contributed by atoms with Crippen molar-refractivity contribution in [1.82, 2.24) is 24.9 Å². The molecule has 6 aliphatic rings. The van der Waals surface area contributed by atoms with E-state index in [9.17, 15) is 49.4 Å². The summed E-state index contributed by atoms with van der Waals surface area (Å²) in [6.07, 6.45) is 2.55. The number of nitrogens with two attached hydrogens (primary N) is 2. The van der Waals surface area contributed by atoms with E-state index in [0.717, 1.165) is 24.5 Å². The molecule has 30 heteroatoms. The van der Waals surface area contributed by atoms with Crippen LogP contribution in [0.4, 0.5) is 27.8 Å². The molecule has 98 heavy (non-hydrogen) atoms. The summed E-state index contributed by atoms with van der Waals surface area (Å²) < 4.78 is 135. The van der Waals surface area contributed by atoms with E-state index in [4.69, 9.17) is 30.9 Å². The van der Waals surface area contributed by atoms with Gasteiger partial charge in [0.05, 0.1) is 92.5 Å². The maximum absolute atomic E-state index is 15.4. The summed E-state index contributed by atoms with van der Waals surface area (Å²) >= 11 is 0. The monoisotopic (exact) mass is 1420 g/mol. The van der Waals surface area contributed by atoms with Gasteiger partial charge in [-0.25, -0.2) is 52.7 Å². The number of hydrogen-bond acceptors (Lipinski definition) is 22. The number of halogens is 5. The maximum Gasteiger partial charge on any atom is 0.312 e. The molecule has 0 amide bonds. The van der Waals surface area contributed by atoms with Crippen LogP contribution >= 0.6 is 0 Å². The van der Waals surface area contributed by atoms with Crippen LogP contribution < -0.4 is 11.5 Å². The lowest BCUT2D eigenvalue weighted by Crippen LogP contribution is -2.58. The zero-order valence-corrected chi connectivity index (χ0v) is 60.0. The summed E-state index contributed by atoms with van der Waals surface area (Å²) in [5.74, 6) is -4.51. The fourth-order valence-electron chi connectivity index (χ4n) is 13.3. The normalized spacial score (nSPS) is 28.5. The Morgan fingerprint density at radius 3 is 1.15 bits per heavy atom. The molecule has 4 N–H and O–H groups in total. The first-order chi connectivity index (χ1) is 45.3. The van der Waals surface area contributed by atoms with E-state index >= 15 is 4.39 Å². The molecule has 22 nitrogen and oxygen atoms in total. The molecule has 11 heterocycles. The molecule has 5 aromatic heterocycles. The number of aromatic nitrogens is 5. The average Bonchev–Trinajstić information content (AvgIpc) is 1.34. The van der Waals surface area contributed by atoms with Crippen molar-refractivity contribution in [2.75, 3.05) is 25.4 Å². The minimum Gasteiger partial charge on any atom is -0.460 e. The van der Waals surface area contributed by atoms with Gasteiger partial charge in [-0.1, -0.05) is 0 Å².